The first-order valence-electron chi connectivity index (χ1n) is 8.30. The Kier molecular flexibility index (Phi) is 4.81. The summed E-state index contributed by atoms with van der Waals surface area (Å²) in [6.07, 6.45) is 3.31. The maximum atomic E-state index is 11.2. The highest BCUT2D eigenvalue weighted by Crippen LogP contribution is 2.36. The predicted molar refractivity (Wildman–Crippen MR) is 110 cm³/mol. The molecule has 0 bridgehead atoms. The van der Waals surface area contributed by atoms with Crippen LogP contribution in [0.15, 0.2) is 36.7 Å². The normalized spacial score (nSPS) is 11.0. The van der Waals surface area contributed by atoms with Gasteiger partial charge in [0.25, 0.3) is 0 Å². The number of aromatic carboxylic acids is 1. The molecule has 0 saturated carbocycles. The maximum Gasteiger partial charge on any atom is 0.335 e. The standard InChI is InChI=1S/C19H14Cl2N4O4/c1-28-15-5-13-14(6-16(15)29-2)25-10(7-22-13)8-23-19(25)24-17-11(20)3-9(18(26)27)4-12(17)21/h3-8H,1-2H3,(H,23,24)(H,26,27). The van der Waals surface area contributed by atoms with Gasteiger partial charge in [0.2, 0.25) is 5.95 Å². The molecule has 0 aliphatic carbocycles. The Balaban J connectivity index is 1.89. The van der Waals surface area contributed by atoms with E-state index < -0.39 is 5.97 Å². The van der Waals surface area contributed by atoms with Crippen molar-refractivity contribution in [3.8, 4) is 11.5 Å². The number of nitrogens with one attached hydrogen (secondary N) is 1. The molecule has 0 spiro atoms. The molecule has 0 unspecified atom stereocenters. The van der Waals surface area contributed by atoms with Crippen molar-refractivity contribution in [2.24, 2.45) is 0 Å². The van der Waals surface area contributed by atoms with Crippen molar-refractivity contribution in [2.75, 3.05) is 19.5 Å². The molecule has 0 aliphatic rings. The zero-order valence-electron chi connectivity index (χ0n) is 15.2. The van der Waals surface area contributed by atoms with Crippen molar-refractivity contribution in [3.05, 3.63) is 52.3 Å². The first-order chi connectivity index (χ1) is 13.9. The number of benzene rings is 2. The molecule has 29 heavy (non-hydrogen) atoms. The first kappa shape index (κ1) is 19.1. The van der Waals surface area contributed by atoms with E-state index in [1.54, 1.807) is 38.7 Å². The van der Waals surface area contributed by atoms with Gasteiger partial charge in [-0.15, -0.1) is 0 Å². The van der Waals surface area contributed by atoms with Crippen LogP contribution in [0.25, 0.3) is 16.6 Å². The number of halogens is 2. The van der Waals surface area contributed by atoms with Crippen molar-refractivity contribution in [1.82, 2.24) is 14.4 Å². The van der Waals surface area contributed by atoms with Crippen LogP contribution in [-0.4, -0.2) is 39.7 Å². The molecule has 0 radical (unpaired) electrons. The molecule has 0 atom stereocenters. The van der Waals surface area contributed by atoms with Crippen LogP contribution in [0.2, 0.25) is 10.0 Å². The highest BCUT2D eigenvalue weighted by atomic mass is 35.5. The average molecular weight is 433 g/mol. The topological polar surface area (TPSA) is 98.0 Å². The van der Waals surface area contributed by atoms with Gasteiger partial charge in [0.15, 0.2) is 11.5 Å². The van der Waals surface area contributed by atoms with Gasteiger partial charge in [0.1, 0.15) is 0 Å². The van der Waals surface area contributed by atoms with E-state index in [0.717, 1.165) is 11.0 Å². The number of imidazole rings is 1. The van der Waals surface area contributed by atoms with Crippen LogP contribution in [0.3, 0.4) is 0 Å². The fourth-order valence-corrected chi connectivity index (χ4v) is 3.58. The van der Waals surface area contributed by atoms with E-state index in [0.29, 0.717) is 28.7 Å². The number of methoxy groups -OCH3 is 2. The largest absolute Gasteiger partial charge is 0.493 e. The van der Waals surface area contributed by atoms with Crippen molar-refractivity contribution in [2.45, 2.75) is 0 Å². The number of nitrogens with zero attached hydrogens (tertiary/aromatic N) is 3. The number of carboxylic acids is 1. The van der Waals surface area contributed by atoms with Crippen LogP contribution in [0.1, 0.15) is 10.4 Å². The van der Waals surface area contributed by atoms with Gasteiger partial charge in [-0.25, -0.2) is 9.78 Å². The molecule has 0 aliphatic heterocycles. The van der Waals surface area contributed by atoms with Gasteiger partial charge < -0.3 is 19.9 Å². The molecule has 0 fully saturated rings. The fourth-order valence-electron chi connectivity index (χ4n) is 3.00. The number of anilines is 2. The lowest BCUT2D eigenvalue weighted by atomic mass is 10.2. The number of carbonyl (C=O) groups is 1. The number of aromatic nitrogens is 3. The number of carboxylic acid groups (broad SMARTS) is 1. The Morgan fingerprint density at radius 3 is 2.28 bits per heavy atom. The summed E-state index contributed by atoms with van der Waals surface area (Å²) >= 11 is 12.5. The number of hydrogen-bond acceptors (Lipinski definition) is 6. The molecule has 148 valence electrons. The third-order valence-electron chi connectivity index (χ3n) is 4.37. The van der Waals surface area contributed by atoms with Crippen molar-refractivity contribution in [3.63, 3.8) is 0 Å². The second-order valence-electron chi connectivity index (χ2n) is 6.04. The van der Waals surface area contributed by atoms with E-state index in [4.69, 9.17) is 37.8 Å². The Hall–Kier alpha value is -3.23. The van der Waals surface area contributed by atoms with E-state index in [2.05, 4.69) is 15.3 Å². The van der Waals surface area contributed by atoms with Gasteiger partial charge >= 0.3 is 5.97 Å². The highest BCUT2D eigenvalue weighted by Gasteiger charge is 2.17. The summed E-state index contributed by atoms with van der Waals surface area (Å²) in [4.78, 5) is 20.0. The van der Waals surface area contributed by atoms with Gasteiger partial charge in [-0.1, -0.05) is 23.2 Å². The minimum absolute atomic E-state index is 0.00925. The SMILES string of the molecule is COc1cc2ncc3cnc(Nc4c(Cl)cc(C(=O)O)cc4Cl)n3c2cc1OC. The lowest BCUT2D eigenvalue weighted by molar-refractivity contribution is 0.0697. The Bertz CT molecular complexity index is 1250. The van der Waals surface area contributed by atoms with Crippen LogP contribution in [0, 0.1) is 0 Å². The van der Waals surface area contributed by atoms with Crippen molar-refractivity contribution >= 4 is 57.4 Å². The van der Waals surface area contributed by atoms with E-state index in [1.165, 1.54) is 12.1 Å². The summed E-state index contributed by atoms with van der Waals surface area (Å²) in [5.41, 5.74) is 2.44. The maximum absolute atomic E-state index is 11.2. The van der Waals surface area contributed by atoms with Crippen LogP contribution >= 0.6 is 23.2 Å². The smallest absolute Gasteiger partial charge is 0.335 e. The third-order valence-corrected chi connectivity index (χ3v) is 4.97. The van der Waals surface area contributed by atoms with Crippen LogP contribution in [-0.2, 0) is 0 Å². The molecule has 2 aromatic carbocycles. The van der Waals surface area contributed by atoms with Gasteiger partial charge in [-0.2, -0.15) is 0 Å². The molecule has 4 aromatic rings. The number of fused-ring (bicyclic) bond motifs is 3. The number of hydrogen-bond donors (Lipinski definition) is 2. The van der Waals surface area contributed by atoms with Gasteiger partial charge in [0.05, 0.1) is 64.5 Å². The van der Waals surface area contributed by atoms with Crippen LogP contribution < -0.4 is 14.8 Å². The first-order valence-corrected chi connectivity index (χ1v) is 9.06. The van der Waals surface area contributed by atoms with E-state index in [9.17, 15) is 4.79 Å². The summed E-state index contributed by atoms with van der Waals surface area (Å²) in [6.45, 7) is 0. The minimum Gasteiger partial charge on any atom is -0.493 e. The highest BCUT2D eigenvalue weighted by molar-refractivity contribution is 6.39. The molecule has 10 heteroatoms. The van der Waals surface area contributed by atoms with Crippen LogP contribution in [0.4, 0.5) is 11.6 Å². The monoisotopic (exact) mass is 432 g/mol. The van der Waals surface area contributed by atoms with Crippen LogP contribution in [0.5, 0.6) is 11.5 Å². The third kappa shape index (κ3) is 3.26. The van der Waals surface area contributed by atoms with E-state index >= 15 is 0 Å². The summed E-state index contributed by atoms with van der Waals surface area (Å²) in [7, 11) is 3.10. The Labute approximate surface area is 174 Å². The fraction of sp³-hybridized carbons (Fsp3) is 0.105. The molecule has 0 saturated heterocycles. The lowest BCUT2D eigenvalue weighted by Crippen LogP contribution is -2.03. The van der Waals surface area contributed by atoms with Crippen molar-refractivity contribution in [1.29, 1.82) is 0 Å². The van der Waals surface area contributed by atoms with E-state index in [-0.39, 0.29) is 15.6 Å². The Morgan fingerprint density at radius 1 is 1.03 bits per heavy atom. The summed E-state index contributed by atoms with van der Waals surface area (Å²) in [5, 5.41) is 12.5. The van der Waals surface area contributed by atoms with Gasteiger partial charge in [-0.3, -0.25) is 9.38 Å². The molecule has 2 N–H and O–H groups in total. The van der Waals surface area contributed by atoms with Crippen molar-refractivity contribution < 1.29 is 19.4 Å². The zero-order valence-corrected chi connectivity index (χ0v) is 16.7. The Morgan fingerprint density at radius 2 is 1.66 bits per heavy atom. The molecule has 8 nitrogen and oxygen atoms in total. The molecular weight excluding hydrogens is 419 g/mol. The molecule has 0 amide bonds. The number of ether oxygens (including phenoxy) is 2. The molecule has 2 aromatic heterocycles. The number of rotatable bonds is 5. The summed E-state index contributed by atoms with van der Waals surface area (Å²) in [6, 6.07) is 6.19. The molecular formula is C19H14Cl2N4O4. The molecule has 4 rings (SSSR count). The predicted octanol–water partition coefficient (Wildman–Crippen LogP) is 4.65. The molecule has 2 heterocycles. The van der Waals surface area contributed by atoms with E-state index in [1.807, 2.05) is 4.40 Å². The van der Waals surface area contributed by atoms with Gasteiger partial charge in [-0.05, 0) is 12.1 Å². The second-order valence-corrected chi connectivity index (χ2v) is 6.86. The average Bonchev–Trinajstić information content (AvgIpc) is 3.12. The van der Waals surface area contributed by atoms with Gasteiger partial charge in [0, 0.05) is 12.1 Å². The summed E-state index contributed by atoms with van der Waals surface area (Å²) in [5.74, 6) is 0.392. The quantitative estimate of drug-likeness (QED) is 0.473. The summed E-state index contributed by atoms with van der Waals surface area (Å²) < 4.78 is 12.6. The minimum atomic E-state index is -1.12. The lowest BCUT2D eigenvalue weighted by Gasteiger charge is -2.13. The second kappa shape index (κ2) is 7.31. The zero-order chi connectivity index (χ0) is 20.7.